The van der Waals surface area contributed by atoms with Gasteiger partial charge in [-0.3, -0.25) is 4.79 Å². The van der Waals surface area contributed by atoms with Crippen LogP contribution < -0.4 is 10.6 Å². The van der Waals surface area contributed by atoms with E-state index in [1.165, 1.54) is 12.1 Å². The monoisotopic (exact) mass is 412 g/mol. The first-order valence-electron chi connectivity index (χ1n) is 9.87. The maximum absolute atomic E-state index is 13.2. The van der Waals surface area contributed by atoms with Crippen molar-refractivity contribution in [2.75, 3.05) is 5.32 Å². The Morgan fingerprint density at radius 2 is 1.77 bits per heavy atom. The van der Waals surface area contributed by atoms with Crippen LogP contribution in [0.25, 0.3) is 11.4 Å². The minimum Gasteiger partial charge on any atom is -0.348 e. The van der Waals surface area contributed by atoms with Gasteiger partial charge in [-0.1, -0.05) is 30.3 Å². The van der Waals surface area contributed by atoms with E-state index in [4.69, 9.17) is 0 Å². The second-order valence-corrected chi connectivity index (χ2v) is 7.09. The Morgan fingerprint density at radius 3 is 2.58 bits per heavy atom. The van der Waals surface area contributed by atoms with E-state index >= 15 is 0 Å². The van der Waals surface area contributed by atoms with Crippen LogP contribution in [0.2, 0.25) is 0 Å². The fourth-order valence-corrected chi connectivity index (χ4v) is 3.14. The van der Waals surface area contributed by atoms with Crippen LogP contribution in [0, 0.1) is 12.7 Å². The van der Waals surface area contributed by atoms with Crippen molar-refractivity contribution < 1.29 is 9.18 Å². The molecule has 0 radical (unpaired) electrons. The third kappa shape index (κ3) is 5.11. The largest absolute Gasteiger partial charge is 0.348 e. The number of aromatic nitrogens is 2. The summed E-state index contributed by atoms with van der Waals surface area (Å²) in [6.07, 6.45) is 1.63. The van der Waals surface area contributed by atoms with E-state index in [-0.39, 0.29) is 11.7 Å². The number of carbonyl (C=O) groups excluding carboxylic acids is 1. The number of amides is 1. The number of benzene rings is 3. The van der Waals surface area contributed by atoms with Gasteiger partial charge in [0.1, 0.15) is 11.6 Å². The molecule has 31 heavy (non-hydrogen) atoms. The average Bonchev–Trinajstić information content (AvgIpc) is 2.79. The van der Waals surface area contributed by atoms with Crippen molar-refractivity contribution in [2.24, 2.45) is 0 Å². The summed E-state index contributed by atoms with van der Waals surface area (Å²) in [7, 11) is 0. The highest BCUT2D eigenvalue weighted by atomic mass is 19.1. The van der Waals surface area contributed by atoms with Gasteiger partial charge >= 0.3 is 0 Å². The van der Waals surface area contributed by atoms with E-state index in [0.717, 1.165) is 22.4 Å². The number of hydrogen-bond donors (Lipinski definition) is 2. The summed E-state index contributed by atoms with van der Waals surface area (Å²) in [4.78, 5) is 21.3. The maximum atomic E-state index is 13.2. The highest BCUT2D eigenvalue weighted by Crippen LogP contribution is 2.20. The molecule has 0 spiro atoms. The normalized spacial score (nSPS) is 10.5. The molecule has 2 N–H and O–H groups in total. The molecule has 0 atom stereocenters. The predicted octanol–water partition coefficient (Wildman–Crippen LogP) is 5.26. The van der Waals surface area contributed by atoms with E-state index in [1.807, 2.05) is 43.3 Å². The Labute approximate surface area is 180 Å². The number of hydrogen-bond acceptors (Lipinski definition) is 4. The van der Waals surface area contributed by atoms with Crippen LogP contribution in [-0.4, -0.2) is 15.9 Å². The van der Waals surface area contributed by atoms with Crippen molar-refractivity contribution in [3.63, 3.8) is 0 Å². The average molecular weight is 412 g/mol. The van der Waals surface area contributed by atoms with Crippen LogP contribution >= 0.6 is 0 Å². The smallest absolute Gasteiger partial charge is 0.251 e. The molecule has 0 aliphatic heterocycles. The molecule has 5 nitrogen and oxygen atoms in total. The minimum absolute atomic E-state index is 0.151. The van der Waals surface area contributed by atoms with E-state index in [9.17, 15) is 9.18 Å². The molecule has 0 bridgehead atoms. The molecular formula is C25H21FN4O. The lowest BCUT2D eigenvalue weighted by atomic mass is 10.1. The lowest BCUT2D eigenvalue weighted by Crippen LogP contribution is -2.23. The van der Waals surface area contributed by atoms with Crippen LogP contribution in [0.1, 0.15) is 21.5 Å². The lowest BCUT2D eigenvalue weighted by molar-refractivity contribution is 0.0951. The number of carbonyl (C=O) groups is 1. The third-order valence-electron chi connectivity index (χ3n) is 4.86. The number of anilines is 2. The topological polar surface area (TPSA) is 66.9 Å². The van der Waals surface area contributed by atoms with Crippen molar-refractivity contribution in [1.29, 1.82) is 0 Å². The Hall–Kier alpha value is -4.06. The zero-order valence-corrected chi connectivity index (χ0v) is 17.0. The molecular weight excluding hydrogens is 391 g/mol. The van der Waals surface area contributed by atoms with Crippen molar-refractivity contribution in [2.45, 2.75) is 13.5 Å². The van der Waals surface area contributed by atoms with Crippen molar-refractivity contribution in [1.82, 2.24) is 15.3 Å². The zero-order chi connectivity index (χ0) is 21.6. The zero-order valence-electron chi connectivity index (χ0n) is 17.0. The first-order valence-corrected chi connectivity index (χ1v) is 9.87. The first-order chi connectivity index (χ1) is 15.1. The van der Waals surface area contributed by atoms with Gasteiger partial charge in [-0.15, -0.1) is 0 Å². The van der Waals surface area contributed by atoms with Gasteiger partial charge in [0.2, 0.25) is 0 Å². The summed E-state index contributed by atoms with van der Waals surface area (Å²) in [6, 6.07) is 22.9. The fourth-order valence-electron chi connectivity index (χ4n) is 3.14. The van der Waals surface area contributed by atoms with Crippen molar-refractivity contribution in [3.05, 3.63) is 108 Å². The van der Waals surface area contributed by atoms with Gasteiger partial charge < -0.3 is 10.6 Å². The van der Waals surface area contributed by atoms with Gasteiger partial charge in [-0.2, -0.15) is 0 Å². The van der Waals surface area contributed by atoms with E-state index in [2.05, 4.69) is 20.6 Å². The van der Waals surface area contributed by atoms with Crippen LogP contribution in [0.3, 0.4) is 0 Å². The Bertz CT molecular complexity index is 1210. The molecule has 0 saturated carbocycles. The van der Waals surface area contributed by atoms with Gasteiger partial charge in [0.15, 0.2) is 5.82 Å². The quantitative estimate of drug-likeness (QED) is 0.453. The van der Waals surface area contributed by atoms with Gasteiger partial charge in [-0.05, 0) is 66.6 Å². The first kappa shape index (κ1) is 20.2. The number of aryl methyl sites for hydroxylation is 1. The Kier molecular flexibility index (Phi) is 5.98. The molecule has 4 rings (SSSR count). The lowest BCUT2D eigenvalue weighted by Gasteiger charge is -2.10. The molecule has 0 aliphatic rings. The van der Waals surface area contributed by atoms with Crippen LogP contribution in [0.5, 0.6) is 0 Å². The van der Waals surface area contributed by atoms with E-state index < -0.39 is 0 Å². The highest BCUT2D eigenvalue weighted by molar-refractivity contribution is 5.95. The van der Waals surface area contributed by atoms with E-state index in [0.29, 0.717) is 23.8 Å². The molecule has 154 valence electrons. The standard InChI is InChI=1S/C25H21FN4O/c1-17-5-2-3-6-20(17)16-28-25(31)19-7-4-8-22(15-19)29-23-13-14-27-24(30-23)18-9-11-21(26)12-10-18/h2-15H,16H2,1H3,(H,28,31)(H,27,29,30). The summed E-state index contributed by atoms with van der Waals surface area (Å²) in [5, 5.41) is 6.16. The SMILES string of the molecule is Cc1ccccc1CNC(=O)c1cccc(Nc2ccnc(-c3ccc(F)cc3)n2)c1. The molecule has 6 heteroatoms. The second kappa shape index (κ2) is 9.17. The van der Waals surface area contributed by atoms with E-state index in [1.54, 1.807) is 36.5 Å². The van der Waals surface area contributed by atoms with Crippen molar-refractivity contribution in [3.8, 4) is 11.4 Å². The summed E-state index contributed by atoms with van der Waals surface area (Å²) in [5.74, 6) is 0.598. The fraction of sp³-hybridized carbons (Fsp3) is 0.0800. The van der Waals surface area contributed by atoms with Gasteiger partial charge in [0.25, 0.3) is 5.91 Å². The van der Waals surface area contributed by atoms with Crippen LogP contribution in [0.15, 0.2) is 85.1 Å². The molecule has 3 aromatic carbocycles. The van der Waals surface area contributed by atoms with Gasteiger partial charge in [0, 0.05) is 29.6 Å². The van der Waals surface area contributed by atoms with Gasteiger partial charge in [0.05, 0.1) is 0 Å². The number of halogens is 1. The predicted molar refractivity (Wildman–Crippen MR) is 119 cm³/mol. The minimum atomic E-state index is -0.310. The molecule has 4 aromatic rings. The van der Waals surface area contributed by atoms with Gasteiger partial charge in [-0.25, -0.2) is 14.4 Å². The van der Waals surface area contributed by atoms with Crippen LogP contribution in [0.4, 0.5) is 15.9 Å². The van der Waals surface area contributed by atoms with Crippen LogP contribution in [-0.2, 0) is 6.54 Å². The molecule has 0 unspecified atom stereocenters. The molecule has 1 amide bonds. The summed E-state index contributed by atoms with van der Waals surface area (Å²) in [6.45, 7) is 2.49. The molecule has 1 aromatic heterocycles. The molecule has 1 heterocycles. The number of nitrogens with zero attached hydrogens (tertiary/aromatic N) is 2. The summed E-state index contributed by atoms with van der Waals surface area (Å²) < 4.78 is 13.2. The third-order valence-corrected chi connectivity index (χ3v) is 4.86. The highest BCUT2D eigenvalue weighted by Gasteiger charge is 2.08. The Morgan fingerprint density at radius 1 is 0.968 bits per heavy atom. The molecule has 0 saturated heterocycles. The second-order valence-electron chi connectivity index (χ2n) is 7.09. The number of nitrogens with one attached hydrogen (secondary N) is 2. The molecule has 0 fully saturated rings. The maximum Gasteiger partial charge on any atom is 0.251 e. The van der Waals surface area contributed by atoms with Crippen molar-refractivity contribution >= 4 is 17.4 Å². The summed E-state index contributed by atoms with van der Waals surface area (Å²) in [5.41, 5.74) is 4.21. The summed E-state index contributed by atoms with van der Waals surface area (Å²) >= 11 is 0. The number of rotatable bonds is 6. The molecule has 0 aliphatic carbocycles. The Balaban J connectivity index is 1.46.